The lowest BCUT2D eigenvalue weighted by Crippen LogP contribution is -2.23. The van der Waals surface area contributed by atoms with Gasteiger partial charge in [0.25, 0.3) is 0 Å². The molecule has 0 spiro atoms. The zero-order chi connectivity index (χ0) is 21.6. The van der Waals surface area contributed by atoms with Crippen LogP contribution in [-0.4, -0.2) is 30.9 Å². The number of pyridine rings is 1. The summed E-state index contributed by atoms with van der Waals surface area (Å²) in [6, 6.07) is 21.7. The SMILES string of the molecule is Cc1ccccc1NC(=O)[C@@H](C)Sc1nnc(-c2cccnc2)n1Cc1ccccc1. The normalized spacial score (nSPS) is 11.8. The lowest BCUT2D eigenvalue weighted by molar-refractivity contribution is -0.115. The minimum Gasteiger partial charge on any atom is -0.325 e. The van der Waals surface area contributed by atoms with Crippen molar-refractivity contribution >= 4 is 23.4 Å². The molecule has 156 valence electrons. The number of nitrogens with one attached hydrogen (secondary N) is 1. The van der Waals surface area contributed by atoms with Crippen LogP contribution in [0.15, 0.2) is 84.3 Å². The topological polar surface area (TPSA) is 72.7 Å². The van der Waals surface area contributed by atoms with Crippen LogP contribution in [0.5, 0.6) is 0 Å². The Kier molecular flexibility index (Phi) is 6.43. The third kappa shape index (κ3) is 5.00. The number of aryl methyl sites for hydroxylation is 1. The highest BCUT2D eigenvalue weighted by molar-refractivity contribution is 8.00. The molecule has 0 fully saturated rings. The van der Waals surface area contributed by atoms with Crippen molar-refractivity contribution in [2.75, 3.05) is 5.32 Å². The van der Waals surface area contributed by atoms with Crippen LogP contribution < -0.4 is 5.32 Å². The van der Waals surface area contributed by atoms with E-state index in [-0.39, 0.29) is 11.2 Å². The smallest absolute Gasteiger partial charge is 0.237 e. The van der Waals surface area contributed by atoms with Crippen LogP contribution >= 0.6 is 11.8 Å². The summed E-state index contributed by atoms with van der Waals surface area (Å²) >= 11 is 1.40. The van der Waals surface area contributed by atoms with Crippen molar-refractivity contribution in [1.82, 2.24) is 19.7 Å². The van der Waals surface area contributed by atoms with Crippen molar-refractivity contribution in [3.05, 3.63) is 90.3 Å². The summed E-state index contributed by atoms with van der Waals surface area (Å²) in [7, 11) is 0. The highest BCUT2D eigenvalue weighted by Gasteiger charge is 2.21. The van der Waals surface area contributed by atoms with Gasteiger partial charge in [0, 0.05) is 23.6 Å². The fourth-order valence-corrected chi connectivity index (χ4v) is 4.00. The number of amides is 1. The molecule has 6 nitrogen and oxygen atoms in total. The molecule has 0 saturated carbocycles. The average Bonchev–Trinajstić information content (AvgIpc) is 3.18. The molecule has 0 unspecified atom stereocenters. The first-order chi connectivity index (χ1) is 15.1. The number of para-hydroxylation sites is 1. The lowest BCUT2D eigenvalue weighted by Gasteiger charge is -2.15. The number of nitrogens with zero attached hydrogens (tertiary/aromatic N) is 4. The average molecular weight is 430 g/mol. The molecule has 0 radical (unpaired) electrons. The van der Waals surface area contributed by atoms with Crippen LogP contribution in [0.25, 0.3) is 11.4 Å². The van der Waals surface area contributed by atoms with E-state index in [9.17, 15) is 4.79 Å². The molecule has 1 atom stereocenters. The minimum atomic E-state index is -0.347. The van der Waals surface area contributed by atoms with E-state index in [1.54, 1.807) is 12.4 Å². The maximum absolute atomic E-state index is 12.8. The third-order valence-corrected chi connectivity index (χ3v) is 5.95. The molecule has 7 heteroatoms. The first-order valence-electron chi connectivity index (χ1n) is 10.0. The first kappa shape index (κ1) is 20.8. The van der Waals surface area contributed by atoms with Crippen molar-refractivity contribution < 1.29 is 4.79 Å². The summed E-state index contributed by atoms with van der Waals surface area (Å²) in [5.41, 5.74) is 3.86. The first-order valence-corrected chi connectivity index (χ1v) is 10.9. The number of aromatic nitrogens is 4. The predicted octanol–water partition coefficient (Wildman–Crippen LogP) is 4.82. The van der Waals surface area contributed by atoms with E-state index in [0.29, 0.717) is 11.7 Å². The number of carbonyl (C=O) groups excluding carboxylic acids is 1. The van der Waals surface area contributed by atoms with Gasteiger partial charge < -0.3 is 5.32 Å². The Labute approximate surface area is 185 Å². The standard InChI is InChI=1S/C24H23N5OS/c1-17-9-6-7-13-21(17)26-23(30)18(2)31-24-28-27-22(20-12-8-14-25-15-20)29(24)16-19-10-4-3-5-11-19/h3-15,18H,16H2,1-2H3,(H,26,30)/t18-/m1/s1. The largest absolute Gasteiger partial charge is 0.325 e. The van der Waals surface area contributed by atoms with E-state index >= 15 is 0 Å². The summed E-state index contributed by atoms with van der Waals surface area (Å²) < 4.78 is 2.04. The molecule has 2 heterocycles. The number of hydrogen-bond acceptors (Lipinski definition) is 5. The molecule has 4 rings (SSSR count). The molecule has 0 aliphatic carbocycles. The number of hydrogen-bond donors (Lipinski definition) is 1. The summed E-state index contributed by atoms with van der Waals surface area (Å²) in [5.74, 6) is 0.655. The van der Waals surface area contributed by atoms with Crippen LogP contribution in [0.4, 0.5) is 5.69 Å². The predicted molar refractivity (Wildman–Crippen MR) is 124 cm³/mol. The van der Waals surface area contributed by atoms with Gasteiger partial charge in [-0.2, -0.15) is 0 Å². The molecule has 31 heavy (non-hydrogen) atoms. The fourth-order valence-electron chi connectivity index (χ4n) is 3.15. The Bertz CT molecular complexity index is 1160. The van der Waals surface area contributed by atoms with Crippen LogP contribution in [0.2, 0.25) is 0 Å². The molecule has 1 N–H and O–H groups in total. The van der Waals surface area contributed by atoms with Crippen molar-refractivity contribution in [2.45, 2.75) is 30.8 Å². The highest BCUT2D eigenvalue weighted by Crippen LogP contribution is 2.28. The molecule has 2 aromatic heterocycles. The van der Waals surface area contributed by atoms with Crippen molar-refractivity contribution in [3.63, 3.8) is 0 Å². The Morgan fingerprint density at radius 2 is 1.81 bits per heavy atom. The highest BCUT2D eigenvalue weighted by atomic mass is 32.2. The number of anilines is 1. The van der Waals surface area contributed by atoms with Gasteiger partial charge in [0.2, 0.25) is 5.91 Å². The molecule has 1 amide bonds. The van der Waals surface area contributed by atoms with E-state index in [4.69, 9.17) is 0 Å². The van der Waals surface area contributed by atoms with Crippen LogP contribution in [0.3, 0.4) is 0 Å². The Morgan fingerprint density at radius 1 is 1.03 bits per heavy atom. The molecule has 0 aliphatic heterocycles. The summed E-state index contributed by atoms with van der Waals surface area (Å²) in [6.45, 7) is 4.46. The van der Waals surface area contributed by atoms with E-state index in [1.807, 2.05) is 73.0 Å². The fraction of sp³-hybridized carbons (Fsp3) is 0.167. The molecule has 0 saturated heterocycles. The van der Waals surface area contributed by atoms with Crippen molar-refractivity contribution in [2.24, 2.45) is 0 Å². The molecule has 4 aromatic rings. The lowest BCUT2D eigenvalue weighted by atomic mass is 10.2. The number of carbonyl (C=O) groups is 1. The van der Waals surface area contributed by atoms with Crippen molar-refractivity contribution in [3.8, 4) is 11.4 Å². The summed E-state index contributed by atoms with van der Waals surface area (Å²) in [4.78, 5) is 17.0. The Hall–Kier alpha value is -3.45. The van der Waals surface area contributed by atoms with Gasteiger partial charge in [-0.1, -0.05) is 60.3 Å². The second kappa shape index (κ2) is 9.57. The Morgan fingerprint density at radius 3 is 2.55 bits per heavy atom. The molecule has 0 aliphatic rings. The zero-order valence-corrected chi connectivity index (χ0v) is 18.2. The third-order valence-electron chi connectivity index (χ3n) is 4.87. The Balaban J connectivity index is 1.59. The number of benzene rings is 2. The van der Waals surface area contributed by atoms with Gasteiger partial charge in [-0.05, 0) is 43.2 Å². The van der Waals surface area contributed by atoms with Gasteiger partial charge in [0.05, 0.1) is 11.8 Å². The second-order valence-electron chi connectivity index (χ2n) is 7.18. The van der Waals surface area contributed by atoms with Gasteiger partial charge in [-0.15, -0.1) is 10.2 Å². The van der Waals surface area contributed by atoms with E-state index < -0.39 is 0 Å². The molecular formula is C24H23N5OS. The van der Waals surface area contributed by atoms with Crippen molar-refractivity contribution in [1.29, 1.82) is 0 Å². The molecule has 2 aromatic carbocycles. The van der Waals surface area contributed by atoms with Gasteiger partial charge >= 0.3 is 0 Å². The van der Waals surface area contributed by atoms with E-state index in [1.165, 1.54) is 11.8 Å². The zero-order valence-electron chi connectivity index (χ0n) is 17.4. The minimum absolute atomic E-state index is 0.0727. The van der Waals surface area contributed by atoms with E-state index in [0.717, 1.165) is 28.2 Å². The monoisotopic (exact) mass is 429 g/mol. The molecule has 0 bridgehead atoms. The van der Waals surface area contributed by atoms with Crippen LogP contribution in [0.1, 0.15) is 18.1 Å². The van der Waals surface area contributed by atoms with Gasteiger partial charge in [0.15, 0.2) is 11.0 Å². The maximum atomic E-state index is 12.8. The summed E-state index contributed by atoms with van der Waals surface area (Å²) in [5, 5.41) is 12.2. The molecular weight excluding hydrogens is 406 g/mol. The van der Waals surface area contributed by atoms with Gasteiger partial charge in [-0.3, -0.25) is 14.3 Å². The number of rotatable bonds is 7. The maximum Gasteiger partial charge on any atom is 0.237 e. The van der Waals surface area contributed by atoms with Crippen LogP contribution in [-0.2, 0) is 11.3 Å². The van der Waals surface area contributed by atoms with Crippen LogP contribution in [0, 0.1) is 6.92 Å². The van der Waals surface area contributed by atoms with Gasteiger partial charge in [0.1, 0.15) is 0 Å². The van der Waals surface area contributed by atoms with Gasteiger partial charge in [-0.25, -0.2) is 0 Å². The quantitative estimate of drug-likeness (QED) is 0.427. The second-order valence-corrected chi connectivity index (χ2v) is 8.49. The number of thioether (sulfide) groups is 1. The summed E-state index contributed by atoms with van der Waals surface area (Å²) in [6.07, 6.45) is 3.50. The van der Waals surface area contributed by atoms with E-state index in [2.05, 4.69) is 32.6 Å².